The number of benzene rings is 1. The van der Waals surface area contributed by atoms with E-state index >= 15 is 0 Å². The molecule has 0 spiro atoms. The quantitative estimate of drug-likeness (QED) is 0.908. The summed E-state index contributed by atoms with van der Waals surface area (Å²) in [6.45, 7) is 4.05. The Hall–Kier alpha value is -2.70. The van der Waals surface area contributed by atoms with Crippen LogP contribution in [0.3, 0.4) is 0 Å². The van der Waals surface area contributed by atoms with Gasteiger partial charge >= 0.3 is 0 Å². The van der Waals surface area contributed by atoms with Gasteiger partial charge in [-0.25, -0.2) is 4.39 Å². The molecule has 2 amide bonds. The predicted octanol–water partition coefficient (Wildman–Crippen LogP) is 2.56. The van der Waals surface area contributed by atoms with E-state index in [1.807, 2.05) is 13.8 Å². The number of carbonyl (C=O) groups excluding carboxylic acids is 2. The number of halogens is 1. The number of nitrogens with zero attached hydrogens (tertiary/aromatic N) is 2. The second-order valence-electron chi connectivity index (χ2n) is 6.04. The zero-order chi connectivity index (χ0) is 17.3. The lowest BCUT2D eigenvalue weighted by molar-refractivity contribution is -0.122. The molecule has 1 aliphatic heterocycles. The van der Waals surface area contributed by atoms with Crippen LogP contribution in [0.25, 0.3) is 0 Å². The molecule has 0 bridgehead atoms. The average molecular weight is 330 g/mol. The van der Waals surface area contributed by atoms with Gasteiger partial charge in [-0.05, 0) is 29.7 Å². The predicted molar refractivity (Wildman–Crippen MR) is 86.7 cm³/mol. The molecular formula is C17H19FN4O2. The van der Waals surface area contributed by atoms with Crippen LogP contribution in [0, 0.1) is 11.7 Å². The molecule has 1 aliphatic rings. The van der Waals surface area contributed by atoms with Crippen LogP contribution in [0.15, 0.2) is 30.6 Å². The molecule has 6 nitrogen and oxygen atoms in total. The fourth-order valence-electron chi connectivity index (χ4n) is 2.97. The van der Waals surface area contributed by atoms with Gasteiger partial charge in [-0.15, -0.1) is 0 Å². The summed E-state index contributed by atoms with van der Waals surface area (Å²) >= 11 is 0. The molecule has 0 saturated heterocycles. The molecule has 0 radical (unpaired) electrons. The molecule has 3 rings (SSSR count). The highest BCUT2D eigenvalue weighted by Crippen LogP contribution is 2.29. The third kappa shape index (κ3) is 2.89. The molecule has 2 N–H and O–H groups in total. The standard InChI is InChI=1S/C17H19FN4O2/c1-3-10(2)15-16(23)21-14-5-4-13(18)6-11(14)9-22(15)17(24)12-7-19-20-8-12/h4-8,10,15H,3,9H2,1-2H3,(H,19,20)(H,21,23). The number of fused-ring (bicyclic) bond motifs is 1. The van der Waals surface area contributed by atoms with Crippen LogP contribution in [0.4, 0.5) is 10.1 Å². The van der Waals surface area contributed by atoms with E-state index in [1.165, 1.54) is 35.5 Å². The molecule has 24 heavy (non-hydrogen) atoms. The summed E-state index contributed by atoms with van der Waals surface area (Å²) in [5, 5.41) is 9.22. The van der Waals surface area contributed by atoms with Gasteiger partial charge in [0.05, 0.1) is 11.8 Å². The minimum absolute atomic E-state index is 0.0417. The molecule has 2 heterocycles. The number of amides is 2. The Balaban J connectivity index is 2.05. The first-order valence-electron chi connectivity index (χ1n) is 7.90. The van der Waals surface area contributed by atoms with Crippen LogP contribution in [-0.4, -0.2) is 33.0 Å². The molecule has 2 aromatic rings. The first kappa shape index (κ1) is 16.2. The highest BCUT2D eigenvalue weighted by molar-refractivity contribution is 6.02. The lowest BCUT2D eigenvalue weighted by atomic mass is 9.96. The van der Waals surface area contributed by atoms with Crippen molar-refractivity contribution in [1.82, 2.24) is 15.1 Å². The van der Waals surface area contributed by atoms with Crippen molar-refractivity contribution in [2.24, 2.45) is 5.92 Å². The van der Waals surface area contributed by atoms with Crippen molar-refractivity contribution in [3.8, 4) is 0 Å². The molecule has 0 saturated carbocycles. The summed E-state index contributed by atoms with van der Waals surface area (Å²) in [5.41, 5.74) is 1.49. The first-order chi connectivity index (χ1) is 11.5. The zero-order valence-corrected chi connectivity index (χ0v) is 13.5. The van der Waals surface area contributed by atoms with E-state index in [4.69, 9.17) is 0 Å². The van der Waals surface area contributed by atoms with Crippen LogP contribution < -0.4 is 5.32 Å². The minimum Gasteiger partial charge on any atom is -0.324 e. The summed E-state index contributed by atoms with van der Waals surface area (Å²) in [6, 6.07) is 3.55. The Morgan fingerprint density at radius 1 is 1.50 bits per heavy atom. The molecule has 7 heteroatoms. The van der Waals surface area contributed by atoms with Gasteiger partial charge in [0.2, 0.25) is 5.91 Å². The maximum atomic E-state index is 13.6. The molecule has 0 aliphatic carbocycles. The van der Waals surface area contributed by atoms with Gasteiger partial charge < -0.3 is 10.2 Å². The van der Waals surface area contributed by atoms with Gasteiger partial charge in [-0.1, -0.05) is 20.3 Å². The maximum absolute atomic E-state index is 13.6. The van der Waals surface area contributed by atoms with E-state index < -0.39 is 11.9 Å². The summed E-state index contributed by atoms with van der Waals surface area (Å²) in [7, 11) is 0. The van der Waals surface area contributed by atoms with Crippen molar-refractivity contribution in [3.63, 3.8) is 0 Å². The number of hydrogen-bond acceptors (Lipinski definition) is 3. The van der Waals surface area contributed by atoms with Gasteiger partial charge in [0, 0.05) is 18.4 Å². The van der Waals surface area contributed by atoms with Crippen LogP contribution in [0.1, 0.15) is 36.2 Å². The fraction of sp³-hybridized carbons (Fsp3) is 0.353. The third-order valence-corrected chi connectivity index (χ3v) is 4.46. The molecule has 0 fully saturated rings. The zero-order valence-electron chi connectivity index (χ0n) is 13.5. The fourth-order valence-corrected chi connectivity index (χ4v) is 2.97. The van der Waals surface area contributed by atoms with E-state index in [0.29, 0.717) is 16.8 Å². The van der Waals surface area contributed by atoms with Gasteiger partial charge in [0.15, 0.2) is 0 Å². The summed E-state index contributed by atoms with van der Waals surface area (Å²) in [6.07, 6.45) is 3.65. The lowest BCUT2D eigenvalue weighted by Crippen LogP contribution is -2.48. The topological polar surface area (TPSA) is 78.1 Å². The minimum atomic E-state index is -0.632. The number of H-pyrrole nitrogens is 1. The van der Waals surface area contributed by atoms with E-state index in [1.54, 1.807) is 0 Å². The molecule has 126 valence electrons. The number of rotatable bonds is 3. The van der Waals surface area contributed by atoms with Crippen molar-refractivity contribution in [2.45, 2.75) is 32.9 Å². The van der Waals surface area contributed by atoms with E-state index in [9.17, 15) is 14.0 Å². The Bertz CT molecular complexity index is 760. The second kappa shape index (κ2) is 6.43. The number of nitrogens with one attached hydrogen (secondary N) is 2. The Morgan fingerprint density at radius 3 is 2.96 bits per heavy atom. The van der Waals surface area contributed by atoms with E-state index in [-0.39, 0.29) is 24.3 Å². The Morgan fingerprint density at radius 2 is 2.29 bits per heavy atom. The smallest absolute Gasteiger partial charge is 0.258 e. The number of hydrogen-bond donors (Lipinski definition) is 2. The highest BCUT2D eigenvalue weighted by Gasteiger charge is 2.37. The van der Waals surface area contributed by atoms with Gasteiger partial charge in [-0.2, -0.15) is 5.10 Å². The number of aromatic nitrogens is 2. The highest BCUT2D eigenvalue weighted by atomic mass is 19.1. The average Bonchev–Trinajstić information content (AvgIpc) is 3.05. The summed E-state index contributed by atoms with van der Waals surface area (Å²) in [5.74, 6) is -1.01. The summed E-state index contributed by atoms with van der Waals surface area (Å²) < 4.78 is 13.6. The number of aromatic amines is 1. The maximum Gasteiger partial charge on any atom is 0.258 e. The van der Waals surface area contributed by atoms with Gasteiger partial charge in [0.25, 0.3) is 5.91 Å². The van der Waals surface area contributed by atoms with Gasteiger partial charge in [0.1, 0.15) is 11.9 Å². The number of anilines is 1. The Labute approximate surface area is 139 Å². The van der Waals surface area contributed by atoms with E-state index in [0.717, 1.165) is 6.42 Å². The third-order valence-electron chi connectivity index (χ3n) is 4.46. The Kier molecular flexibility index (Phi) is 4.33. The van der Waals surface area contributed by atoms with Crippen LogP contribution >= 0.6 is 0 Å². The van der Waals surface area contributed by atoms with Crippen molar-refractivity contribution in [3.05, 3.63) is 47.5 Å². The SMILES string of the molecule is CCC(C)C1C(=O)Nc2ccc(F)cc2CN1C(=O)c1cn[nH]c1. The second-order valence-corrected chi connectivity index (χ2v) is 6.04. The van der Waals surface area contributed by atoms with Crippen molar-refractivity contribution >= 4 is 17.5 Å². The van der Waals surface area contributed by atoms with Gasteiger partial charge in [-0.3, -0.25) is 14.7 Å². The molecule has 1 aromatic carbocycles. The van der Waals surface area contributed by atoms with Crippen LogP contribution in [-0.2, 0) is 11.3 Å². The first-order valence-corrected chi connectivity index (χ1v) is 7.90. The van der Waals surface area contributed by atoms with Crippen LogP contribution in [0.5, 0.6) is 0 Å². The van der Waals surface area contributed by atoms with Crippen molar-refractivity contribution in [2.75, 3.05) is 5.32 Å². The monoisotopic (exact) mass is 330 g/mol. The molecule has 2 unspecified atom stereocenters. The normalized spacial score (nSPS) is 18.5. The summed E-state index contributed by atoms with van der Waals surface area (Å²) in [4.78, 5) is 27.1. The van der Waals surface area contributed by atoms with Crippen LogP contribution in [0.2, 0.25) is 0 Å². The van der Waals surface area contributed by atoms with E-state index in [2.05, 4.69) is 15.5 Å². The number of carbonyl (C=O) groups is 2. The molecule has 1 aromatic heterocycles. The largest absolute Gasteiger partial charge is 0.324 e. The van der Waals surface area contributed by atoms with Crippen molar-refractivity contribution < 1.29 is 14.0 Å². The van der Waals surface area contributed by atoms with Crippen molar-refractivity contribution in [1.29, 1.82) is 0 Å². The molecular weight excluding hydrogens is 311 g/mol. The lowest BCUT2D eigenvalue weighted by Gasteiger charge is -2.32. The molecule has 2 atom stereocenters.